The highest BCUT2D eigenvalue weighted by atomic mass is 16.1. The number of hydrogen-bond donors (Lipinski definition) is 0. The van der Waals surface area contributed by atoms with Crippen LogP contribution in [0.1, 0.15) is 5.56 Å². The summed E-state index contributed by atoms with van der Waals surface area (Å²) in [6.45, 7) is 0. The minimum absolute atomic E-state index is 0.0803. The molecule has 0 N–H and O–H groups in total. The van der Waals surface area contributed by atoms with Crippen LogP contribution in [0.15, 0.2) is 41.3 Å². The lowest BCUT2D eigenvalue weighted by molar-refractivity contribution is 0.976. The fourth-order valence-electron chi connectivity index (χ4n) is 2.18. The number of hydrogen-bond acceptors (Lipinski definition) is 3. The first-order valence-electron chi connectivity index (χ1n) is 5.50. The number of fused-ring (bicyclic) bond motifs is 2. The normalized spacial score (nSPS) is 10.7. The summed E-state index contributed by atoms with van der Waals surface area (Å²) in [6, 6.07) is 10.7. The second-order valence-electron chi connectivity index (χ2n) is 4.11. The van der Waals surface area contributed by atoms with Crippen molar-refractivity contribution < 1.29 is 0 Å². The number of benzene rings is 1. The minimum Gasteiger partial charge on any atom is -0.328 e. The average Bonchev–Trinajstić information content (AvgIpc) is 2.44. The van der Waals surface area contributed by atoms with Crippen LogP contribution in [0.25, 0.3) is 21.9 Å². The Labute approximate surface area is 103 Å². The molecule has 86 valence electrons. The van der Waals surface area contributed by atoms with Gasteiger partial charge in [0.05, 0.1) is 22.5 Å². The fraction of sp³-hybridized carbons (Fsp3) is 0.0714. The third-order valence-electron chi connectivity index (χ3n) is 3.08. The second-order valence-corrected chi connectivity index (χ2v) is 4.11. The van der Waals surface area contributed by atoms with Gasteiger partial charge in [0.1, 0.15) is 5.65 Å². The summed E-state index contributed by atoms with van der Waals surface area (Å²) in [4.78, 5) is 16.6. The fourth-order valence-corrected chi connectivity index (χ4v) is 2.18. The standard InChI is InChI=1S/C14H9N3O/c1-17-12-5-4-9(8-15)7-11(12)13(18)10-3-2-6-16-14(10)17/h2-7H,1H3. The van der Waals surface area contributed by atoms with Crippen LogP contribution in [-0.2, 0) is 7.05 Å². The van der Waals surface area contributed by atoms with Gasteiger partial charge in [-0.15, -0.1) is 0 Å². The van der Waals surface area contributed by atoms with Crippen molar-refractivity contribution in [1.82, 2.24) is 9.55 Å². The molecule has 0 saturated heterocycles. The van der Waals surface area contributed by atoms with Crippen molar-refractivity contribution in [2.75, 3.05) is 0 Å². The summed E-state index contributed by atoms with van der Waals surface area (Å²) in [7, 11) is 1.86. The molecular weight excluding hydrogens is 226 g/mol. The molecular formula is C14H9N3O. The molecule has 0 radical (unpaired) electrons. The largest absolute Gasteiger partial charge is 0.328 e. The van der Waals surface area contributed by atoms with E-state index in [4.69, 9.17) is 5.26 Å². The molecule has 0 saturated carbocycles. The van der Waals surface area contributed by atoms with Crippen molar-refractivity contribution in [2.24, 2.45) is 7.05 Å². The number of rotatable bonds is 0. The smallest absolute Gasteiger partial charge is 0.198 e. The van der Waals surface area contributed by atoms with Crippen molar-refractivity contribution in [3.63, 3.8) is 0 Å². The van der Waals surface area contributed by atoms with Gasteiger partial charge >= 0.3 is 0 Å². The molecule has 4 heteroatoms. The molecule has 0 fully saturated rings. The Morgan fingerprint density at radius 1 is 1.28 bits per heavy atom. The zero-order valence-electron chi connectivity index (χ0n) is 9.71. The lowest BCUT2D eigenvalue weighted by Gasteiger charge is -2.08. The summed E-state index contributed by atoms with van der Waals surface area (Å²) in [6.07, 6.45) is 1.66. The van der Waals surface area contributed by atoms with Gasteiger partial charge in [0.25, 0.3) is 0 Å². The Kier molecular flexibility index (Phi) is 2.14. The quantitative estimate of drug-likeness (QED) is 0.559. The summed E-state index contributed by atoms with van der Waals surface area (Å²) in [5, 5.41) is 10.0. The molecule has 0 bridgehead atoms. The van der Waals surface area contributed by atoms with Gasteiger partial charge < -0.3 is 4.57 Å². The maximum absolute atomic E-state index is 12.3. The van der Waals surface area contributed by atoms with Crippen LogP contribution in [0, 0.1) is 11.3 Å². The molecule has 1 aromatic carbocycles. The van der Waals surface area contributed by atoms with Gasteiger partial charge in [-0.05, 0) is 30.3 Å². The molecule has 2 aromatic heterocycles. The highest BCUT2D eigenvalue weighted by Gasteiger charge is 2.09. The van der Waals surface area contributed by atoms with E-state index in [0.29, 0.717) is 22.0 Å². The first-order chi connectivity index (χ1) is 8.72. The Morgan fingerprint density at radius 3 is 2.89 bits per heavy atom. The molecule has 2 heterocycles. The van der Waals surface area contributed by atoms with Crippen molar-refractivity contribution in [3.05, 3.63) is 52.3 Å². The van der Waals surface area contributed by atoms with Gasteiger partial charge in [-0.25, -0.2) is 4.98 Å². The van der Waals surface area contributed by atoms with Crippen LogP contribution in [0.5, 0.6) is 0 Å². The maximum Gasteiger partial charge on any atom is 0.198 e. The number of aromatic nitrogens is 2. The summed E-state index contributed by atoms with van der Waals surface area (Å²) in [5.74, 6) is 0. The van der Waals surface area contributed by atoms with E-state index in [1.807, 2.05) is 11.6 Å². The molecule has 0 aliphatic heterocycles. The number of nitrogens with zero attached hydrogens (tertiary/aromatic N) is 3. The number of aryl methyl sites for hydroxylation is 1. The molecule has 4 nitrogen and oxygen atoms in total. The van der Waals surface area contributed by atoms with Crippen molar-refractivity contribution >= 4 is 21.9 Å². The molecule has 0 aliphatic rings. The van der Waals surface area contributed by atoms with E-state index in [2.05, 4.69) is 11.1 Å². The van der Waals surface area contributed by atoms with Crippen LogP contribution >= 0.6 is 0 Å². The van der Waals surface area contributed by atoms with Crippen molar-refractivity contribution in [3.8, 4) is 6.07 Å². The van der Waals surface area contributed by atoms with E-state index in [1.54, 1.807) is 36.5 Å². The van der Waals surface area contributed by atoms with Gasteiger partial charge in [-0.3, -0.25) is 4.79 Å². The number of nitriles is 1. The zero-order valence-corrected chi connectivity index (χ0v) is 9.71. The Hall–Kier alpha value is -2.67. The summed E-state index contributed by atoms with van der Waals surface area (Å²) >= 11 is 0. The van der Waals surface area contributed by atoms with Crippen LogP contribution < -0.4 is 5.43 Å². The van der Waals surface area contributed by atoms with E-state index < -0.39 is 0 Å². The third kappa shape index (κ3) is 1.31. The van der Waals surface area contributed by atoms with Gasteiger partial charge in [0.2, 0.25) is 0 Å². The van der Waals surface area contributed by atoms with E-state index in [-0.39, 0.29) is 5.43 Å². The van der Waals surface area contributed by atoms with Crippen LogP contribution in [0.4, 0.5) is 0 Å². The predicted octanol–water partition coefficient (Wildman–Crippen LogP) is 1.96. The van der Waals surface area contributed by atoms with E-state index >= 15 is 0 Å². The van der Waals surface area contributed by atoms with Crippen LogP contribution in [0.2, 0.25) is 0 Å². The third-order valence-corrected chi connectivity index (χ3v) is 3.08. The molecule has 3 rings (SSSR count). The van der Waals surface area contributed by atoms with E-state index in [0.717, 1.165) is 5.52 Å². The topological polar surface area (TPSA) is 58.7 Å². The molecule has 0 atom stereocenters. The lowest BCUT2D eigenvalue weighted by Crippen LogP contribution is -2.10. The average molecular weight is 235 g/mol. The van der Waals surface area contributed by atoms with E-state index in [9.17, 15) is 4.79 Å². The molecule has 0 amide bonds. The Bertz CT molecular complexity index is 872. The first kappa shape index (κ1) is 10.5. The molecule has 3 aromatic rings. The molecule has 0 spiro atoms. The number of pyridine rings is 2. The van der Waals surface area contributed by atoms with Crippen LogP contribution in [0.3, 0.4) is 0 Å². The molecule has 18 heavy (non-hydrogen) atoms. The zero-order chi connectivity index (χ0) is 12.7. The summed E-state index contributed by atoms with van der Waals surface area (Å²) < 4.78 is 1.87. The Balaban J connectivity index is 2.64. The maximum atomic E-state index is 12.3. The highest BCUT2D eigenvalue weighted by molar-refractivity contribution is 5.92. The molecule has 0 aliphatic carbocycles. The predicted molar refractivity (Wildman–Crippen MR) is 69.2 cm³/mol. The van der Waals surface area contributed by atoms with Gasteiger partial charge in [0, 0.05) is 18.6 Å². The second kappa shape index (κ2) is 3.67. The highest BCUT2D eigenvalue weighted by Crippen LogP contribution is 2.17. The molecule has 0 unspecified atom stereocenters. The lowest BCUT2D eigenvalue weighted by atomic mass is 10.1. The van der Waals surface area contributed by atoms with Crippen molar-refractivity contribution in [2.45, 2.75) is 0 Å². The first-order valence-corrected chi connectivity index (χ1v) is 5.50. The van der Waals surface area contributed by atoms with Crippen molar-refractivity contribution in [1.29, 1.82) is 5.26 Å². The monoisotopic (exact) mass is 235 g/mol. The Morgan fingerprint density at radius 2 is 2.11 bits per heavy atom. The van der Waals surface area contributed by atoms with Gasteiger partial charge in [0.15, 0.2) is 5.43 Å². The minimum atomic E-state index is -0.0803. The van der Waals surface area contributed by atoms with Crippen LogP contribution in [-0.4, -0.2) is 9.55 Å². The van der Waals surface area contributed by atoms with Gasteiger partial charge in [-0.2, -0.15) is 5.26 Å². The van der Waals surface area contributed by atoms with Gasteiger partial charge in [-0.1, -0.05) is 0 Å². The SMILES string of the molecule is Cn1c2ccc(C#N)cc2c(=O)c2cccnc21. The summed E-state index contributed by atoms with van der Waals surface area (Å²) in [5.41, 5.74) is 1.84. The van der Waals surface area contributed by atoms with E-state index in [1.165, 1.54) is 0 Å².